The summed E-state index contributed by atoms with van der Waals surface area (Å²) in [4.78, 5) is 26.3. The van der Waals surface area contributed by atoms with Gasteiger partial charge in [0.25, 0.3) is 11.5 Å². The molecule has 0 atom stereocenters. The van der Waals surface area contributed by atoms with E-state index in [0.717, 1.165) is 18.5 Å². The number of aromatic amines is 1. The molecule has 25 heavy (non-hydrogen) atoms. The highest BCUT2D eigenvalue weighted by Gasteiger charge is 2.25. The van der Waals surface area contributed by atoms with E-state index in [1.165, 1.54) is 0 Å². The van der Waals surface area contributed by atoms with Crippen LogP contribution < -0.4 is 5.56 Å². The Morgan fingerprint density at radius 1 is 1.24 bits per heavy atom. The fourth-order valence-corrected chi connectivity index (χ4v) is 3.09. The first-order valence-electron chi connectivity index (χ1n) is 8.72. The molecule has 1 saturated heterocycles. The van der Waals surface area contributed by atoms with Crippen molar-refractivity contribution in [3.05, 3.63) is 46.1 Å². The maximum atomic E-state index is 12.3. The molecule has 134 valence electrons. The first-order chi connectivity index (χ1) is 11.8. The number of aromatic nitrogens is 4. The molecule has 0 unspecified atom stereocenters. The van der Waals surface area contributed by atoms with Crippen molar-refractivity contribution in [2.75, 3.05) is 13.1 Å². The zero-order chi connectivity index (χ0) is 18.0. The van der Waals surface area contributed by atoms with Crippen molar-refractivity contribution in [3.8, 4) is 0 Å². The lowest BCUT2D eigenvalue weighted by molar-refractivity contribution is 0.0674. The number of amides is 1. The number of piperidine rings is 1. The summed E-state index contributed by atoms with van der Waals surface area (Å²) >= 11 is 0. The highest BCUT2D eigenvalue weighted by Crippen LogP contribution is 2.21. The van der Waals surface area contributed by atoms with Gasteiger partial charge in [-0.1, -0.05) is 20.8 Å². The third-order valence-electron chi connectivity index (χ3n) is 4.70. The van der Waals surface area contributed by atoms with E-state index in [1.807, 2.05) is 11.0 Å². The Labute approximate surface area is 147 Å². The van der Waals surface area contributed by atoms with Gasteiger partial charge in [-0.05, 0) is 30.9 Å². The second-order valence-corrected chi connectivity index (χ2v) is 7.69. The van der Waals surface area contributed by atoms with Gasteiger partial charge in [0.15, 0.2) is 0 Å². The summed E-state index contributed by atoms with van der Waals surface area (Å²) in [7, 11) is 0. The third-order valence-corrected chi connectivity index (χ3v) is 4.70. The van der Waals surface area contributed by atoms with Crippen LogP contribution in [0.4, 0.5) is 0 Å². The van der Waals surface area contributed by atoms with Crippen molar-refractivity contribution < 1.29 is 4.79 Å². The van der Waals surface area contributed by atoms with Crippen molar-refractivity contribution in [3.63, 3.8) is 0 Å². The number of H-pyrrole nitrogens is 1. The van der Waals surface area contributed by atoms with Crippen molar-refractivity contribution in [1.29, 1.82) is 0 Å². The van der Waals surface area contributed by atoms with E-state index in [-0.39, 0.29) is 16.9 Å². The fraction of sp³-hybridized carbons (Fsp3) is 0.556. The fourth-order valence-electron chi connectivity index (χ4n) is 3.09. The molecule has 1 aliphatic rings. The minimum atomic E-state index is -0.0880. The molecule has 1 fully saturated rings. The molecule has 7 heteroatoms. The molecule has 0 aromatic carbocycles. The molecule has 1 N–H and O–H groups in total. The van der Waals surface area contributed by atoms with Crippen LogP contribution in [0.15, 0.2) is 29.2 Å². The summed E-state index contributed by atoms with van der Waals surface area (Å²) in [5, 5.41) is 11.1. The van der Waals surface area contributed by atoms with Crippen LogP contribution in [0.2, 0.25) is 0 Å². The molecule has 0 radical (unpaired) electrons. The van der Waals surface area contributed by atoms with Gasteiger partial charge in [-0.25, -0.2) is 4.68 Å². The molecule has 0 saturated carbocycles. The van der Waals surface area contributed by atoms with E-state index < -0.39 is 0 Å². The topological polar surface area (TPSA) is 83.9 Å². The van der Waals surface area contributed by atoms with Crippen LogP contribution in [-0.2, 0) is 12.0 Å². The van der Waals surface area contributed by atoms with E-state index >= 15 is 0 Å². The number of nitrogens with one attached hydrogen (secondary N) is 1. The SMILES string of the molecule is CC(C)(C)c1ccc(=O)n(CC2CCN(C(=O)c3ccn[nH]3)CC2)n1. The second kappa shape index (κ2) is 6.82. The molecular weight excluding hydrogens is 318 g/mol. The number of likely N-dealkylation sites (tertiary alicyclic amines) is 1. The average molecular weight is 343 g/mol. The van der Waals surface area contributed by atoms with Crippen molar-refractivity contribution in [2.24, 2.45) is 5.92 Å². The molecule has 2 aromatic heterocycles. The maximum absolute atomic E-state index is 12.3. The van der Waals surface area contributed by atoms with Gasteiger partial charge in [-0.3, -0.25) is 14.7 Å². The van der Waals surface area contributed by atoms with E-state index in [4.69, 9.17) is 0 Å². The smallest absolute Gasteiger partial charge is 0.271 e. The Morgan fingerprint density at radius 2 is 1.96 bits per heavy atom. The van der Waals surface area contributed by atoms with Gasteiger partial charge >= 0.3 is 0 Å². The predicted octanol–water partition coefficient (Wildman–Crippen LogP) is 1.82. The summed E-state index contributed by atoms with van der Waals surface area (Å²) in [5.74, 6) is 0.340. The van der Waals surface area contributed by atoms with Gasteiger partial charge in [-0.2, -0.15) is 10.2 Å². The van der Waals surface area contributed by atoms with Crippen LogP contribution in [-0.4, -0.2) is 43.9 Å². The maximum Gasteiger partial charge on any atom is 0.271 e. The minimum absolute atomic E-state index is 0.0130. The number of hydrogen-bond acceptors (Lipinski definition) is 4. The highest BCUT2D eigenvalue weighted by molar-refractivity contribution is 5.92. The van der Waals surface area contributed by atoms with Crippen molar-refractivity contribution >= 4 is 5.91 Å². The van der Waals surface area contributed by atoms with Crippen LogP contribution in [0.3, 0.4) is 0 Å². The summed E-state index contributed by atoms with van der Waals surface area (Å²) in [5.41, 5.74) is 1.28. The van der Waals surface area contributed by atoms with E-state index in [0.29, 0.717) is 31.2 Å². The summed E-state index contributed by atoms with van der Waals surface area (Å²) in [6, 6.07) is 5.10. The number of rotatable bonds is 3. The number of carbonyl (C=O) groups is 1. The summed E-state index contributed by atoms with van der Waals surface area (Å²) in [6.07, 6.45) is 3.32. The molecule has 3 rings (SSSR count). The molecule has 0 aliphatic carbocycles. The van der Waals surface area contributed by atoms with Gasteiger partial charge in [0.1, 0.15) is 5.69 Å². The Bertz CT molecular complexity index is 781. The number of carbonyl (C=O) groups excluding carboxylic acids is 1. The van der Waals surface area contributed by atoms with Gasteiger partial charge < -0.3 is 4.90 Å². The van der Waals surface area contributed by atoms with Gasteiger partial charge in [0.05, 0.1) is 5.69 Å². The monoisotopic (exact) mass is 343 g/mol. The van der Waals surface area contributed by atoms with Crippen LogP contribution in [0.5, 0.6) is 0 Å². The first-order valence-corrected chi connectivity index (χ1v) is 8.72. The van der Waals surface area contributed by atoms with Crippen LogP contribution in [0.25, 0.3) is 0 Å². The third kappa shape index (κ3) is 3.97. The van der Waals surface area contributed by atoms with E-state index in [9.17, 15) is 9.59 Å². The Kier molecular flexibility index (Phi) is 4.74. The zero-order valence-electron chi connectivity index (χ0n) is 15.0. The summed E-state index contributed by atoms with van der Waals surface area (Å²) < 4.78 is 1.58. The van der Waals surface area contributed by atoms with Crippen LogP contribution in [0, 0.1) is 5.92 Å². The lowest BCUT2D eigenvalue weighted by Gasteiger charge is -2.31. The van der Waals surface area contributed by atoms with Crippen LogP contribution in [0.1, 0.15) is 49.8 Å². The first kappa shape index (κ1) is 17.4. The molecule has 2 aromatic rings. The predicted molar refractivity (Wildman–Crippen MR) is 94.4 cm³/mol. The van der Waals surface area contributed by atoms with E-state index in [1.54, 1.807) is 23.0 Å². The molecule has 0 spiro atoms. The quantitative estimate of drug-likeness (QED) is 0.921. The normalized spacial score (nSPS) is 16.2. The summed E-state index contributed by atoms with van der Waals surface area (Å²) in [6.45, 7) is 8.25. The Balaban J connectivity index is 1.63. The molecular formula is C18H25N5O2. The molecule has 1 amide bonds. The largest absolute Gasteiger partial charge is 0.337 e. The highest BCUT2D eigenvalue weighted by atomic mass is 16.2. The minimum Gasteiger partial charge on any atom is -0.337 e. The zero-order valence-corrected chi connectivity index (χ0v) is 15.0. The van der Waals surface area contributed by atoms with Gasteiger partial charge in [0.2, 0.25) is 0 Å². The van der Waals surface area contributed by atoms with Crippen LogP contribution >= 0.6 is 0 Å². The Morgan fingerprint density at radius 3 is 2.56 bits per heavy atom. The number of nitrogens with zero attached hydrogens (tertiary/aromatic N) is 4. The lowest BCUT2D eigenvalue weighted by atomic mass is 9.92. The number of hydrogen-bond donors (Lipinski definition) is 1. The average Bonchev–Trinajstić information content (AvgIpc) is 3.10. The molecule has 0 bridgehead atoms. The molecule has 3 heterocycles. The standard InChI is InChI=1S/C18H25N5O2/c1-18(2,3)15-4-5-16(24)23(21-15)12-13-7-10-22(11-8-13)17(25)14-6-9-19-20-14/h4-6,9,13H,7-8,10-12H2,1-3H3,(H,19,20). The van der Waals surface area contributed by atoms with Gasteiger partial charge in [0, 0.05) is 37.3 Å². The second-order valence-electron chi connectivity index (χ2n) is 7.69. The molecule has 7 nitrogen and oxygen atoms in total. The van der Waals surface area contributed by atoms with Gasteiger partial charge in [-0.15, -0.1) is 0 Å². The molecule has 1 aliphatic heterocycles. The van der Waals surface area contributed by atoms with Crippen molar-refractivity contribution in [2.45, 2.75) is 45.6 Å². The van der Waals surface area contributed by atoms with Crippen molar-refractivity contribution in [1.82, 2.24) is 24.9 Å². The lowest BCUT2D eigenvalue weighted by Crippen LogP contribution is -2.40. The van der Waals surface area contributed by atoms with E-state index in [2.05, 4.69) is 36.1 Å². The Hall–Kier alpha value is -2.44.